The predicted octanol–water partition coefficient (Wildman–Crippen LogP) is 3.54. The Hall–Kier alpha value is -2.71. The molecule has 0 unspecified atom stereocenters. The fraction of sp³-hybridized carbons (Fsp3) is 0.111. The number of esters is 1. The van der Waals surface area contributed by atoms with Crippen LogP contribution in [0.4, 0.5) is 5.69 Å². The van der Waals surface area contributed by atoms with Gasteiger partial charge in [-0.2, -0.15) is 5.10 Å². The van der Waals surface area contributed by atoms with E-state index in [1.165, 1.54) is 6.33 Å². The van der Waals surface area contributed by atoms with Crippen LogP contribution in [0.5, 0.6) is 0 Å². The van der Waals surface area contributed by atoms with E-state index in [9.17, 15) is 9.59 Å². The number of rotatable bonds is 6. The number of hydrogen-bond donors (Lipinski definition) is 1. The lowest BCUT2D eigenvalue weighted by atomic mass is 10.1. The number of amides is 1. The number of benzene rings is 2. The summed E-state index contributed by atoms with van der Waals surface area (Å²) in [7, 11) is 0. The Kier molecular flexibility index (Phi) is 6.20. The van der Waals surface area contributed by atoms with Crippen molar-refractivity contribution in [3.8, 4) is 0 Å². The highest BCUT2D eigenvalue weighted by Gasteiger charge is 2.12. The molecule has 3 rings (SSSR count). The Bertz CT molecular complexity index is 946. The molecular formula is C18H14BrClN4O3. The molecule has 0 bridgehead atoms. The van der Waals surface area contributed by atoms with Crippen LogP contribution in [0.25, 0.3) is 0 Å². The first-order chi connectivity index (χ1) is 13.0. The molecule has 27 heavy (non-hydrogen) atoms. The average Bonchev–Trinajstić information content (AvgIpc) is 3.16. The van der Waals surface area contributed by atoms with E-state index < -0.39 is 18.5 Å². The van der Waals surface area contributed by atoms with E-state index in [-0.39, 0.29) is 0 Å². The number of carbonyl (C=O) groups is 2. The maximum Gasteiger partial charge on any atom is 0.338 e. The molecule has 0 aliphatic rings. The van der Waals surface area contributed by atoms with Gasteiger partial charge in [-0.25, -0.2) is 14.5 Å². The molecule has 0 saturated heterocycles. The third-order valence-corrected chi connectivity index (χ3v) is 4.35. The molecule has 138 valence electrons. The van der Waals surface area contributed by atoms with Crippen LogP contribution in [-0.2, 0) is 16.1 Å². The lowest BCUT2D eigenvalue weighted by Crippen LogP contribution is -2.21. The second-order valence-electron chi connectivity index (χ2n) is 5.54. The van der Waals surface area contributed by atoms with Gasteiger partial charge in [0.05, 0.1) is 22.8 Å². The Morgan fingerprint density at radius 2 is 1.96 bits per heavy atom. The number of halogens is 2. The smallest absolute Gasteiger partial charge is 0.338 e. The van der Waals surface area contributed by atoms with Gasteiger partial charge in [0.2, 0.25) is 0 Å². The standard InChI is InChI=1S/C18H14BrClN4O3/c19-14-5-6-16(15(20)7-14)23-17(25)9-27-18(26)13-3-1-12(2-4-13)8-24-11-21-10-22-24/h1-7,10-11H,8-9H2,(H,23,25). The summed E-state index contributed by atoms with van der Waals surface area (Å²) < 4.78 is 7.51. The first-order valence-corrected chi connectivity index (χ1v) is 9.02. The van der Waals surface area contributed by atoms with Crippen LogP contribution in [0, 0.1) is 0 Å². The van der Waals surface area contributed by atoms with Gasteiger partial charge in [0.15, 0.2) is 6.61 Å². The van der Waals surface area contributed by atoms with Gasteiger partial charge >= 0.3 is 5.97 Å². The molecular weight excluding hydrogens is 436 g/mol. The minimum atomic E-state index is -0.584. The van der Waals surface area contributed by atoms with Gasteiger partial charge in [0.25, 0.3) is 5.91 Å². The molecule has 1 aromatic heterocycles. The van der Waals surface area contributed by atoms with E-state index in [2.05, 4.69) is 31.3 Å². The van der Waals surface area contributed by atoms with E-state index in [0.29, 0.717) is 22.8 Å². The molecule has 2 aromatic carbocycles. The Morgan fingerprint density at radius 3 is 2.63 bits per heavy atom. The third-order valence-electron chi connectivity index (χ3n) is 3.54. The third kappa shape index (κ3) is 5.38. The van der Waals surface area contributed by atoms with Crippen molar-refractivity contribution >= 4 is 45.1 Å². The highest BCUT2D eigenvalue weighted by atomic mass is 79.9. The van der Waals surface area contributed by atoms with Gasteiger partial charge in [0, 0.05) is 4.47 Å². The first-order valence-electron chi connectivity index (χ1n) is 7.84. The maximum absolute atomic E-state index is 12.1. The molecule has 0 atom stereocenters. The molecule has 7 nitrogen and oxygen atoms in total. The summed E-state index contributed by atoms with van der Waals surface area (Å²) in [6, 6.07) is 11.9. The zero-order valence-electron chi connectivity index (χ0n) is 13.9. The molecule has 9 heteroatoms. The predicted molar refractivity (Wildman–Crippen MR) is 104 cm³/mol. The quantitative estimate of drug-likeness (QED) is 0.582. The second-order valence-corrected chi connectivity index (χ2v) is 6.86. The van der Waals surface area contributed by atoms with Gasteiger partial charge in [-0.3, -0.25) is 4.79 Å². The van der Waals surface area contributed by atoms with Crippen molar-refractivity contribution in [2.45, 2.75) is 6.54 Å². The molecule has 3 aromatic rings. The minimum absolute atomic E-state index is 0.354. The monoisotopic (exact) mass is 448 g/mol. The van der Waals surface area contributed by atoms with Gasteiger partial charge in [-0.05, 0) is 35.9 Å². The van der Waals surface area contributed by atoms with Gasteiger partial charge in [0.1, 0.15) is 12.7 Å². The molecule has 1 N–H and O–H groups in total. The van der Waals surface area contributed by atoms with Crippen molar-refractivity contribution in [3.63, 3.8) is 0 Å². The highest BCUT2D eigenvalue weighted by molar-refractivity contribution is 9.10. The molecule has 1 amide bonds. The summed E-state index contributed by atoms with van der Waals surface area (Å²) in [5, 5.41) is 7.00. The topological polar surface area (TPSA) is 86.1 Å². The van der Waals surface area contributed by atoms with Crippen LogP contribution in [0.2, 0.25) is 5.02 Å². The van der Waals surface area contributed by atoms with Gasteiger partial charge < -0.3 is 10.1 Å². The van der Waals surface area contributed by atoms with Crippen molar-refractivity contribution in [2.75, 3.05) is 11.9 Å². The maximum atomic E-state index is 12.1. The van der Waals surface area contributed by atoms with Crippen LogP contribution >= 0.6 is 27.5 Å². The first kappa shape index (κ1) is 19.1. The Labute approximate surface area is 168 Å². The van der Waals surface area contributed by atoms with E-state index in [1.54, 1.807) is 53.5 Å². The summed E-state index contributed by atoms with van der Waals surface area (Å²) in [6.45, 7) is 0.137. The molecule has 0 fully saturated rings. The lowest BCUT2D eigenvalue weighted by Gasteiger charge is -2.09. The van der Waals surface area contributed by atoms with E-state index in [0.717, 1.165) is 10.0 Å². The number of nitrogens with one attached hydrogen (secondary N) is 1. The molecule has 0 aliphatic heterocycles. The normalized spacial score (nSPS) is 10.4. The number of aromatic nitrogens is 3. The zero-order valence-corrected chi connectivity index (χ0v) is 16.3. The molecule has 0 aliphatic carbocycles. The summed E-state index contributed by atoms with van der Waals surface area (Å²) in [5.74, 6) is -1.06. The molecule has 1 heterocycles. The van der Waals surface area contributed by atoms with Crippen LogP contribution in [0.1, 0.15) is 15.9 Å². The van der Waals surface area contributed by atoms with Crippen molar-refractivity contribution < 1.29 is 14.3 Å². The Morgan fingerprint density at radius 1 is 1.19 bits per heavy atom. The molecule has 0 spiro atoms. The average molecular weight is 450 g/mol. The molecule has 0 saturated carbocycles. The number of hydrogen-bond acceptors (Lipinski definition) is 5. The highest BCUT2D eigenvalue weighted by Crippen LogP contribution is 2.25. The SMILES string of the molecule is O=C(COC(=O)c1ccc(Cn2cncn2)cc1)Nc1ccc(Br)cc1Cl. The number of carbonyl (C=O) groups excluding carboxylic acids is 2. The number of nitrogens with zero attached hydrogens (tertiary/aromatic N) is 3. The van der Waals surface area contributed by atoms with Crippen LogP contribution in [0.3, 0.4) is 0 Å². The van der Waals surface area contributed by atoms with Crippen LogP contribution in [-0.4, -0.2) is 33.2 Å². The fourth-order valence-electron chi connectivity index (χ4n) is 2.24. The summed E-state index contributed by atoms with van der Waals surface area (Å²) in [5.41, 5.74) is 1.75. The van der Waals surface area contributed by atoms with Crippen molar-refractivity contribution in [2.24, 2.45) is 0 Å². The van der Waals surface area contributed by atoms with Crippen molar-refractivity contribution in [1.29, 1.82) is 0 Å². The van der Waals surface area contributed by atoms with Gasteiger partial charge in [-0.1, -0.05) is 39.7 Å². The van der Waals surface area contributed by atoms with Crippen molar-refractivity contribution in [1.82, 2.24) is 14.8 Å². The minimum Gasteiger partial charge on any atom is -0.452 e. The number of anilines is 1. The van der Waals surface area contributed by atoms with Crippen LogP contribution < -0.4 is 5.32 Å². The zero-order chi connectivity index (χ0) is 19.2. The molecule has 0 radical (unpaired) electrons. The van der Waals surface area contributed by atoms with E-state index in [1.807, 2.05) is 0 Å². The lowest BCUT2D eigenvalue weighted by molar-refractivity contribution is -0.119. The fourth-order valence-corrected chi connectivity index (χ4v) is 2.96. The van der Waals surface area contributed by atoms with E-state index >= 15 is 0 Å². The van der Waals surface area contributed by atoms with Crippen LogP contribution in [0.15, 0.2) is 59.6 Å². The summed E-state index contributed by atoms with van der Waals surface area (Å²) >= 11 is 9.32. The largest absolute Gasteiger partial charge is 0.452 e. The van der Waals surface area contributed by atoms with Gasteiger partial charge in [-0.15, -0.1) is 0 Å². The second kappa shape index (κ2) is 8.79. The number of ether oxygens (including phenoxy) is 1. The summed E-state index contributed by atoms with van der Waals surface area (Å²) in [4.78, 5) is 27.9. The van der Waals surface area contributed by atoms with Crippen molar-refractivity contribution in [3.05, 3.63) is 75.7 Å². The Balaban J connectivity index is 1.51. The summed E-state index contributed by atoms with van der Waals surface area (Å²) in [6.07, 6.45) is 3.07. The van der Waals surface area contributed by atoms with E-state index in [4.69, 9.17) is 16.3 Å².